The van der Waals surface area contributed by atoms with Crippen LogP contribution in [0.3, 0.4) is 0 Å². The Balaban J connectivity index is 1.16. The fraction of sp³-hybridized carbons (Fsp3) is 0.478. The van der Waals surface area contributed by atoms with E-state index in [0.717, 1.165) is 69.0 Å². The first-order chi connectivity index (χ1) is 15.1. The molecule has 0 saturated carbocycles. The molecule has 1 aromatic heterocycles. The first-order valence-electron chi connectivity index (χ1n) is 10.9. The zero-order chi connectivity index (χ0) is 21.6. The van der Waals surface area contributed by atoms with Gasteiger partial charge < -0.3 is 19.7 Å². The Labute approximate surface area is 188 Å². The average molecular weight is 445 g/mol. The van der Waals surface area contributed by atoms with Gasteiger partial charge >= 0.3 is 0 Å². The lowest BCUT2D eigenvalue weighted by molar-refractivity contribution is -0.116. The number of carbonyl (C=O) groups excluding carboxylic acids is 1. The molecule has 2 aliphatic heterocycles. The van der Waals surface area contributed by atoms with Crippen molar-refractivity contribution in [3.05, 3.63) is 40.9 Å². The lowest BCUT2D eigenvalue weighted by atomic mass is 10.1. The van der Waals surface area contributed by atoms with Gasteiger partial charge in [0.05, 0.1) is 24.4 Å². The molecule has 1 amide bonds. The largest absolute Gasteiger partial charge is 0.493 e. The van der Waals surface area contributed by atoms with E-state index in [1.54, 1.807) is 7.11 Å². The number of hydrogen-bond donors (Lipinski definition) is 1. The minimum atomic E-state index is 0.0195. The van der Waals surface area contributed by atoms with E-state index >= 15 is 0 Å². The molecule has 8 heteroatoms. The molecule has 3 heterocycles. The van der Waals surface area contributed by atoms with Gasteiger partial charge in [-0.05, 0) is 49.6 Å². The van der Waals surface area contributed by atoms with Crippen LogP contribution in [-0.4, -0.2) is 62.2 Å². The van der Waals surface area contributed by atoms with Gasteiger partial charge in [0.2, 0.25) is 11.8 Å². The highest BCUT2D eigenvalue weighted by Gasteiger charge is 2.20. The molecule has 1 fully saturated rings. The van der Waals surface area contributed by atoms with Crippen molar-refractivity contribution < 1.29 is 14.3 Å². The molecule has 7 nitrogen and oxygen atoms in total. The van der Waals surface area contributed by atoms with Crippen molar-refractivity contribution in [3.8, 4) is 11.6 Å². The highest BCUT2D eigenvalue weighted by Crippen LogP contribution is 2.35. The van der Waals surface area contributed by atoms with E-state index in [9.17, 15) is 4.79 Å². The number of para-hydroxylation sites is 1. The molecular weight excluding hydrogens is 416 g/mol. The standard InChI is InChI=1S/C23H29ClN4O3/c1-30-22-18(24)5-4-6-19(22)28-14-12-27(13-15-28)11-2-3-16-31-21-10-8-17-7-9-20(29)25-23(17)26-21/h4-6,8,10H,2-3,7,9,11-16H2,1H3,(H,25,26,29). The fourth-order valence-electron chi connectivity index (χ4n) is 4.08. The molecule has 1 N–H and O–H groups in total. The SMILES string of the molecule is COc1c(Cl)cccc1N1CCN(CCCCOc2ccc3c(n2)NC(=O)CC3)CC1. The number of aryl methyl sites for hydroxylation is 1. The van der Waals surface area contributed by atoms with E-state index in [1.165, 1.54) is 0 Å². The molecule has 31 heavy (non-hydrogen) atoms. The fourth-order valence-corrected chi connectivity index (χ4v) is 4.33. The van der Waals surface area contributed by atoms with Gasteiger partial charge in [0.1, 0.15) is 5.82 Å². The summed E-state index contributed by atoms with van der Waals surface area (Å²) in [5.41, 5.74) is 2.14. The number of unbranched alkanes of at least 4 members (excludes halogenated alkanes) is 1. The van der Waals surface area contributed by atoms with E-state index in [-0.39, 0.29) is 5.91 Å². The Morgan fingerprint density at radius 1 is 1.10 bits per heavy atom. The van der Waals surface area contributed by atoms with E-state index in [1.807, 2.05) is 24.3 Å². The number of methoxy groups -OCH3 is 1. The minimum Gasteiger partial charge on any atom is -0.493 e. The smallest absolute Gasteiger partial charge is 0.225 e. The third-order valence-electron chi connectivity index (χ3n) is 5.81. The maximum absolute atomic E-state index is 11.5. The number of fused-ring (bicyclic) bond motifs is 1. The summed E-state index contributed by atoms with van der Waals surface area (Å²) in [5.74, 6) is 1.99. The third kappa shape index (κ3) is 5.40. The lowest BCUT2D eigenvalue weighted by Crippen LogP contribution is -2.46. The molecule has 0 atom stereocenters. The van der Waals surface area contributed by atoms with Crippen molar-refractivity contribution >= 4 is 29.0 Å². The summed E-state index contributed by atoms with van der Waals surface area (Å²) in [5, 5.41) is 3.47. The first-order valence-corrected chi connectivity index (χ1v) is 11.2. The van der Waals surface area contributed by atoms with Crippen LogP contribution in [0.15, 0.2) is 30.3 Å². The molecule has 0 spiro atoms. The molecular formula is C23H29ClN4O3. The number of halogens is 1. The number of piperazine rings is 1. The molecule has 0 aliphatic carbocycles. The molecule has 2 aliphatic rings. The molecule has 166 valence electrons. The highest BCUT2D eigenvalue weighted by molar-refractivity contribution is 6.32. The maximum atomic E-state index is 11.5. The van der Waals surface area contributed by atoms with Crippen LogP contribution in [-0.2, 0) is 11.2 Å². The van der Waals surface area contributed by atoms with Crippen LogP contribution in [0, 0.1) is 0 Å². The van der Waals surface area contributed by atoms with E-state index in [4.69, 9.17) is 21.1 Å². The predicted octanol–water partition coefficient (Wildman–Crippen LogP) is 3.61. The van der Waals surface area contributed by atoms with Crippen LogP contribution in [0.4, 0.5) is 11.5 Å². The van der Waals surface area contributed by atoms with Crippen LogP contribution >= 0.6 is 11.6 Å². The van der Waals surface area contributed by atoms with Crippen LogP contribution in [0.1, 0.15) is 24.8 Å². The third-order valence-corrected chi connectivity index (χ3v) is 6.11. The highest BCUT2D eigenvalue weighted by atomic mass is 35.5. The Morgan fingerprint density at radius 3 is 2.74 bits per heavy atom. The second kappa shape index (κ2) is 10.2. The van der Waals surface area contributed by atoms with Gasteiger partial charge in [-0.15, -0.1) is 0 Å². The van der Waals surface area contributed by atoms with Gasteiger partial charge in [-0.1, -0.05) is 17.7 Å². The first kappa shape index (κ1) is 21.7. The van der Waals surface area contributed by atoms with Gasteiger partial charge in [-0.3, -0.25) is 9.69 Å². The van der Waals surface area contributed by atoms with Crippen molar-refractivity contribution in [1.29, 1.82) is 0 Å². The number of benzene rings is 1. The maximum Gasteiger partial charge on any atom is 0.225 e. The van der Waals surface area contributed by atoms with Gasteiger partial charge in [0.15, 0.2) is 5.75 Å². The molecule has 1 aromatic carbocycles. The summed E-state index contributed by atoms with van der Waals surface area (Å²) in [6.45, 7) is 5.62. The quantitative estimate of drug-likeness (QED) is 0.627. The number of nitrogens with zero attached hydrogens (tertiary/aromatic N) is 3. The molecule has 1 saturated heterocycles. The summed E-state index contributed by atoms with van der Waals surface area (Å²) in [6.07, 6.45) is 3.30. The second-order valence-corrected chi connectivity index (χ2v) is 8.29. The summed E-state index contributed by atoms with van der Waals surface area (Å²) < 4.78 is 11.3. The number of aromatic nitrogens is 1. The van der Waals surface area contributed by atoms with Crippen LogP contribution < -0.4 is 19.7 Å². The van der Waals surface area contributed by atoms with Crippen molar-refractivity contribution in [2.45, 2.75) is 25.7 Å². The van der Waals surface area contributed by atoms with E-state index < -0.39 is 0 Å². The van der Waals surface area contributed by atoms with Crippen molar-refractivity contribution in [3.63, 3.8) is 0 Å². The Hall–Kier alpha value is -2.51. The summed E-state index contributed by atoms with van der Waals surface area (Å²) >= 11 is 6.26. The molecule has 0 bridgehead atoms. The lowest BCUT2D eigenvalue weighted by Gasteiger charge is -2.36. The molecule has 4 rings (SSSR count). The number of rotatable bonds is 8. The number of anilines is 2. The Kier molecular flexibility index (Phi) is 7.14. The number of nitrogens with one attached hydrogen (secondary N) is 1. The Bertz CT molecular complexity index is 916. The van der Waals surface area contributed by atoms with Crippen LogP contribution in [0.2, 0.25) is 5.02 Å². The van der Waals surface area contributed by atoms with Gasteiger partial charge in [0, 0.05) is 38.7 Å². The van der Waals surface area contributed by atoms with E-state index in [0.29, 0.717) is 29.7 Å². The summed E-state index contributed by atoms with van der Waals surface area (Å²) in [7, 11) is 1.67. The molecule has 2 aromatic rings. The number of ether oxygens (including phenoxy) is 2. The molecule has 0 unspecified atom stereocenters. The summed E-state index contributed by atoms with van der Waals surface area (Å²) in [6, 6.07) is 9.78. The number of pyridine rings is 1. The van der Waals surface area contributed by atoms with E-state index in [2.05, 4.69) is 26.2 Å². The van der Waals surface area contributed by atoms with Crippen molar-refractivity contribution in [1.82, 2.24) is 9.88 Å². The predicted molar refractivity (Wildman–Crippen MR) is 123 cm³/mol. The average Bonchev–Trinajstić information content (AvgIpc) is 2.79. The van der Waals surface area contributed by atoms with Crippen LogP contribution in [0.25, 0.3) is 0 Å². The van der Waals surface area contributed by atoms with Crippen LogP contribution in [0.5, 0.6) is 11.6 Å². The number of amides is 1. The monoisotopic (exact) mass is 444 g/mol. The number of carbonyl (C=O) groups is 1. The summed E-state index contributed by atoms with van der Waals surface area (Å²) in [4.78, 5) is 20.8. The minimum absolute atomic E-state index is 0.0195. The molecule has 0 radical (unpaired) electrons. The zero-order valence-corrected chi connectivity index (χ0v) is 18.7. The number of hydrogen-bond acceptors (Lipinski definition) is 6. The normalized spacial score (nSPS) is 16.6. The Morgan fingerprint density at radius 2 is 1.94 bits per heavy atom. The van der Waals surface area contributed by atoms with Crippen molar-refractivity contribution in [2.24, 2.45) is 0 Å². The zero-order valence-electron chi connectivity index (χ0n) is 17.9. The van der Waals surface area contributed by atoms with Gasteiger partial charge in [-0.2, -0.15) is 4.98 Å². The van der Waals surface area contributed by atoms with Gasteiger partial charge in [0.25, 0.3) is 0 Å². The second-order valence-electron chi connectivity index (χ2n) is 7.88. The topological polar surface area (TPSA) is 66.9 Å². The van der Waals surface area contributed by atoms with Gasteiger partial charge in [-0.25, -0.2) is 0 Å². The van der Waals surface area contributed by atoms with Crippen molar-refractivity contribution in [2.75, 3.05) is 56.7 Å².